The van der Waals surface area contributed by atoms with Gasteiger partial charge in [0.2, 0.25) is 0 Å². The van der Waals surface area contributed by atoms with Gasteiger partial charge in [0, 0.05) is 30.7 Å². The lowest BCUT2D eigenvalue weighted by molar-refractivity contribution is 0.654. The number of hydrogen-bond donors (Lipinski definition) is 1. The van der Waals surface area contributed by atoms with Crippen molar-refractivity contribution >= 4 is 0 Å². The molecule has 16 heavy (non-hydrogen) atoms. The predicted molar refractivity (Wildman–Crippen MR) is 62.0 cm³/mol. The van der Waals surface area contributed by atoms with Crippen molar-refractivity contribution in [2.75, 3.05) is 7.05 Å². The van der Waals surface area contributed by atoms with Gasteiger partial charge in [-0.2, -0.15) is 5.10 Å². The van der Waals surface area contributed by atoms with Crippen molar-refractivity contribution in [2.24, 2.45) is 0 Å². The van der Waals surface area contributed by atoms with Gasteiger partial charge in [0.15, 0.2) is 0 Å². The Hall–Kier alpha value is -1.62. The molecule has 2 rings (SSSR count). The number of imidazole rings is 1. The number of aryl methyl sites for hydroxylation is 1. The van der Waals surface area contributed by atoms with Gasteiger partial charge in [0.1, 0.15) is 5.82 Å². The summed E-state index contributed by atoms with van der Waals surface area (Å²) in [6.45, 7) is 4.61. The molecule has 86 valence electrons. The van der Waals surface area contributed by atoms with Crippen LogP contribution in [0.1, 0.15) is 18.3 Å². The van der Waals surface area contributed by atoms with Crippen LogP contribution in [-0.4, -0.2) is 26.4 Å². The van der Waals surface area contributed by atoms with E-state index in [1.165, 1.54) is 5.56 Å². The average molecular weight is 219 g/mol. The van der Waals surface area contributed by atoms with Crippen LogP contribution in [0.5, 0.6) is 0 Å². The van der Waals surface area contributed by atoms with Crippen LogP contribution in [0.3, 0.4) is 0 Å². The first kappa shape index (κ1) is 10.9. The molecule has 0 aliphatic rings. The number of rotatable bonds is 5. The Balaban J connectivity index is 2.10. The molecule has 0 saturated carbocycles. The minimum atomic E-state index is 0.787. The first-order valence-corrected chi connectivity index (χ1v) is 5.49. The number of nitrogens with one attached hydrogen (secondary N) is 1. The van der Waals surface area contributed by atoms with Crippen molar-refractivity contribution in [3.63, 3.8) is 0 Å². The summed E-state index contributed by atoms with van der Waals surface area (Å²) in [6.07, 6.45) is 7.81. The normalized spacial score (nSPS) is 10.9. The van der Waals surface area contributed by atoms with Gasteiger partial charge in [-0.3, -0.25) is 4.68 Å². The van der Waals surface area contributed by atoms with Gasteiger partial charge in [-0.1, -0.05) is 0 Å². The van der Waals surface area contributed by atoms with Crippen LogP contribution in [-0.2, 0) is 19.6 Å². The van der Waals surface area contributed by atoms with E-state index in [-0.39, 0.29) is 0 Å². The van der Waals surface area contributed by atoms with E-state index in [2.05, 4.69) is 33.1 Å². The van der Waals surface area contributed by atoms with Gasteiger partial charge in [0.25, 0.3) is 0 Å². The molecule has 0 radical (unpaired) electrons. The summed E-state index contributed by atoms with van der Waals surface area (Å²) in [5.41, 5.74) is 1.21. The molecular weight excluding hydrogens is 202 g/mol. The maximum Gasteiger partial charge on any atom is 0.122 e. The monoisotopic (exact) mass is 219 g/mol. The lowest BCUT2D eigenvalue weighted by atomic mass is 10.3. The van der Waals surface area contributed by atoms with Crippen LogP contribution in [0.4, 0.5) is 0 Å². The van der Waals surface area contributed by atoms with E-state index in [9.17, 15) is 0 Å². The fourth-order valence-electron chi connectivity index (χ4n) is 1.67. The Morgan fingerprint density at radius 3 is 3.00 bits per heavy atom. The quantitative estimate of drug-likeness (QED) is 0.811. The molecule has 0 aliphatic heterocycles. The van der Waals surface area contributed by atoms with Crippen LogP contribution in [0.25, 0.3) is 0 Å². The van der Waals surface area contributed by atoms with Crippen LogP contribution >= 0.6 is 0 Å². The van der Waals surface area contributed by atoms with E-state index in [0.29, 0.717) is 0 Å². The Kier molecular flexibility index (Phi) is 3.36. The fraction of sp³-hybridized carbons (Fsp3) is 0.455. The second-order valence-corrected chi connectivity index (χ2v) is 3.71. The molecule has 0 spiro atoms. The molecule has 0 unspecified atom stereocenters. The highest BCUT2D eigenvalue weighted by Gasteiger charge is 2.03. The third kappa shape index (κ3) is 2.30. The zero-order chi connectivity index (χ0) is 11.4. The van der Waals surface area contributed by atoms with Crippen LogP contribution in [0.2, 0.25) is 0 Å². The molecule has 5 nitrogen and oxygen atoms in total. The van der Waals surface area contributed by atoms with Crippen molar-refractivity contribution in [1.82, 2.24) is 24.6 Å². The second kappa shape index (κ2) is 4.94. The molecule has 2 aromatic rings. The lowest BCUT2D eigenvalue weighted by Crippen LogP contribution is -2.12. The van der Waals surface area contributed by atoms with Crippen molar-refractivity contribution in [1.29, 1.82) is 0 Å². The molecule has 0 bridgehead atoms. The SMILES string of the molecule is CCn1cc(Cn2ccnc2CNC)cn1. The van der Waals surface area contributed by atoms with Gasteiger partial charge < -0.3 is 9.88 Å². The standard InChI is InChI=1S/C11H17N5/c1-3-16-9-10(6-14-16)8-15-5-4-13-11(15)7-12-2/h4-6,9,12H,3,7-8H2,1-2H3. The Morgan fingerprint density at radius 2 is 2.31 bits per heavy atom. The smallest absolute Gasteiger partial charge is 0.122 e. The number of nitrogens with zero attached hydrogens (tertiary/aromatic N) is 4. The lowest BCUT2D eigenvalue weighted by Gasteiger charge is -2.05. The molecule has 0 amide bonds. The van der Waals surface area contributed by atoms with Crippen LogP contribution in [0.15, 0.2) is 24.8 Å². The van der Waals surface area contributed by atoms with E-state index >= 15 is 0 Å². The van der Waals surface area contributed by atoms with Gasteiger partial charge in [-0.25, -0.2) is 4.98 Å². The third-order valence-corrected chi connectivity index (χ3v) is 2.50. The second-order valence-electron chi connectivity index (χ2n) is 3.71. The minimum Gasteiger partial charge on any atom is -0.329 e. The molecule has 0 atom stereocenters. The van der Waals surface area contributed by atoms with Gasteiger partial charge >= 0.3 is 0 Å². The molecule has 2 aromatic heterocycles. The maximum atomic E-state index is 4.30. The molecule has 0 aliphatic carbocycles. The van der Waals surface area contributed by atoms with E-state index in [1.54, 1.807) is 0 Å². The van der Waals surface area contributed by atoms with Crippen molar-refractivity contribution < 1.29 is 0 Å². The Labute approximate surface area is 95.1 Å². The average Bonchev–Trinajstić information content (AvgIpc) is 2.90. The van der Waals surface area contributed by atoms with Crippen molar-refractivity contribution in [3.05, 3.63) is 36.2 Å². The van der Waals surface area contributed by atoms with E-state index in [4.69, 9.17) is 0 Å². The summed E-state index contributed by atoms with van der Waals surface area (Å²) < 4.78 is 4.07. The summed E-state index contributed by atoms with van der Waals surface area (Å²) in [7, 11) is 1.92. The molecule has 0 saturated heterocycles. The Bertz CT molecular complexity index is 443. The van der Waals surface area contributed by atoms with Crippen LogP contribution < -0.4 is 5.32 Å². The van der Waals surface area contributed by atoms with Crippen LogP contribution in [0, 0.1) is 0 Å². The summed E-state index contributed by atoms with van der Waals surface area (Å²) in [4.78, 5) is 4.30. The fourth-order valence-corrected chi connectivity index (χ4v) is 1.67. The van der Waals surface area contributed by atoms with Gasteiger partial charge in [-0.15, -0.1) is 0 Å². The Morgan fingerprint density at radius 1 is 1.44 bits per heavy atom. The topological polar surface area (TPSA) is 47.7 Å². The summed E-state index contributed by atoms with van der Waals surface area (Å²) in [5.74, 6) is 1.05. The summed E-state index contributed by atoms with van der Waals surface area (Å²) in [6, 6.07) is 0. The maximum absolute atomic E-state index is 4.30. The molecule has 1 N–H and O–H groups in total. The molecule has 0 fully saturated rings. The van der Waals surface area contributed by atoms with Gasteiger partial charge in [-0.05, 0) is 14.0 Å². The third-order valence-electron chi connectivity index (χ3n) is 2.50. The van der Waals surface area contributed by atoms with Crippen molar-refractivity contribution in [2.45, 2.75) is 26.6 Å². The zero-order valence-electron chi connectivity index (χ0n) is 9.72. The van der Waals surface area contributed by atoms with Gasteiger partial charge in [0.05, 0.1) is 19.3 Å². The number of aromatic nitrogens is 4. The minimum absolute atomic E-state index is 0.787. The molecule has 2 heterocycles. The predicted octanol–water partition coefficient (Wildman–Crippen LogP) is 0.867. The van der Waals surface area contributed by atoms with E-state index in [0.717, 1.165) is 25.5 Å². The number of hydrogen-bond acceptors (Lipinski definition) is 3. The highest BCUT2D eigenvalue weighted by atomic mass is 15.3. The first-order valence-electron chi connectivity index (χ1n) is 5.49. The first-order chi connectivity index (χ1) is 7.83. The molecule has 5 heteroatoms. The largest absolute Gasteiger partial charge is 0.329 e. The van der Waals surface area contributed by atoms with E-state index in [1.807, 2.05) is 30.3 Å². The molecular formula is C11H17N5. The highest BCUT2D eigenvalue weighted by molar-refractivity contribution is 5.07. The molecule has 0 aromatic carbocycles. The zero-order valence-corrected chi connectivity index (χ0v) is 9.72. The summed E-state index contributed by atoms with van der Waals surface area (Å²) >= 11 is 0. The van der Waals surface area contributed by atoms with Crippen molar-refractivity contribution in [3.8, 4) is 0 Å². The van der Waals surface area contributed by atoms with E-state index < -0.39 is 0 Å². The summed E-state index contributed by atoms with van der Waals surface area (Å²) in [5, 5.41) is 7.37. The highest BCUT2D eigenvalue weighted by Crippen LogP contribution is 2.04.